The minimum Gasteiger partial charge on any atom is -0.322 e. The molecule has 0 aliphatic heterocycles. The zero-order valence-corrected chi connectivity index (χ0v) is 15.8. The normalized spacial score (nSPS) is 11.0. The molecule has 7 nitrogen and oxygen atoms in total. The minimum atomic E-state index is -4.07. The number of carbonyl (C=O) groups is 1. The highest BCUT2D eigenvalue weighted by Crippen LogP contribution is 2.26. The molecule has 0 radical (unpaired) electrons. The van der Waals surface area contributed by atoms with Gasteiger partial charge in [-0.3, -0.25) is 14.9 Å². The van der Waals surface area contributed by atoms with Crippen LogP contribution in [0.1, 0.15) is 10.4 Å². The topological polar surface area (TPSA) is 106 Å². The van der Waals surface area contributed by atoms with E-state index in [-0.39, 0.29) is 21.0 Å². The van der Waals surface area contributed by atoms with Gasteiger partial charge in [0.05, 0.1) is 20.3 Å². The van der Waals surface area contributed by atoms with E-state index < -0.39 is 20.7 Å². The molecule has 0 saturated carbocycles. The number of benzene rings is 3. The van der Waals surface area contributed by atoms with Crippen LogP contribution >= 0.6 is 11.6 Å². The van der Waals surface area contributed by atoms with Crippen LogP contribution in [0, 0.1) is 10.1 Å². The molecule has 0 aromatic heterocycles. The second kappa shape index (κ2) is 7.79. The number of halogens is 1. The average molecular weight is 417 g/mol. The van der Waals surface area contributed by atoms with E-state index in [1.807, 2.05) is 0 Å². The number of sulfone groups is 1. The molecule has 3 aromatic rings. The molecule has 142 valence electrons. The van der Waals surface area contributed by atoms with E-state index in [9.17, 15) is 23.3 Å². The predicted octanol–water partition coefficient (Wildman–Crippen LogP) is 4.33. The Balaban J connectivity index is 1.98. The number of nitro groups is 1. The van der Waals surface area contributed by atoms with Crippen LogP contribution in [0.2, 0.25) is 5.02 Å². The van der Waals surface area contributed by atoms with E-state index in [0.717, 1.165) is 24.3 Å². The quantitative estimate of drug-likeness (QED) is 0.492. The zero-order chi connectivity index (χ0) is 20.3. The van der Waals surface area contributed by atoms with E-state index in [4.69, 9.17) is 11.6 Å². The van der Waals surface area contributed by atoms with Crippen LogP contribution < -0.4 is 5.32 Å². The fourth-order valence-electron chi connectivity index (χ4n) is 2.53. The largest absolute Gasteiger partial charge is 0.322 e. The van der Waals surface area contributed by atoms with Crippen LogP contribution in [-0.2, 0) is 9.84 Å². The molecule has 0 aliphatic rings. The van der Waals surface area contributed by atoms with Gasteiger partial charge in [0.2, 0.25) is 9.84 Å². The first-order valence-electron chi connectivity index (χ1n) is 7.94. The molecule has 0 fully saturated rings. The Morgan fingerprint density at radius 2 is 1.64 bits per heavy atom. The van der Waals surface area contributed by atoms with Gasteiger partial charge in [0.15, 0.2) is 0 Å². The Morgan fingerprint density at radius 3 is 2.29 bits per heavy atom. The lowest BCUT2D eigenvalue weighted by Gasteiger charge is -2.11. The van der Waals surface area contributed by atoms with Crippen LogP contribution in [0.3, 0.4) is 0 Å². The van der Waals surface area contributed by atoms with Gasteiger partial charge in [-0.25, -0.2) is 8.42 Å². The highest BCUT2D eigenvalue weighted by Gasteiger charge is 2.25. The third kappa shape index (κ3) is 4.03. The molecule has 9 heteroatoms. The lowest BCUT2D eigenvalue weighted by molar-refractivity contribution is -0.384. The summed E-state index contributed by atoms with van der Waals surface area (Å²) in [5.41, 5.74) is 0.131. The molecule has 3 aromatic carbocycles. The van der Waals surface area contributed by atoms with Crippen molar-refractivity contribution in [3.8, 4) is 0 Å². The number of nitrogens with zero attached hydrogens (tertiary/aromatic N) is 1. The van der Waals surface area contributed by atoms with Gasteiger partial charge < -0.3 is 5.32 Å². The van der Waals surface area contributed by atoms with Gasteiger partial charge in [-0.15, -0.1) is 0 Å². The van der Waals surface area contributed by atoms with Crippen molar-refractivity contribution >= 4 is 38.7 Å². The number of carbonyl (C=O) groups excluding carboxylic acids is 1. The van der Waals surface area contributed by atoms with E-state index >= 15 is 0 Å². The first-order chi connectivity index (χ1) is 13.3. The Morgan fingerprint density at radius 1 is 0.964 bits per heavy atom. The van der Waals surface area contributed by atoms with Crippen LogP contribution in [0.25, 0.3) is 0 Å². The second-order valence-corrected chi connectivity index (χ2v) is 8.07. The molecular formula is C19H13ClN2O5S. The van der Waals surface area contributed by atoms with Gasteiger partial charge in [0, 0.05) is 22.8 Å². The number of nitro benzene ring substituents is 1. The molecule has 1 N–H and O–H groups in total. The lowest BCUT2D eigenvalue weighted by atomic mass is 10.2. The lowest BCUT2D eigenvalue weighted by Crippen LogP contribution is -2.16. The highest BCUT2D eigenvalue weighted by atomic mass is 35.5. The molecule has 28 heavy (non-hydrogen) atoms. The molecule has 0 aliphatic carbocycles. The third-order valence-corrected chi connectivity index (χ3v) is 5.92. The fraction of sp³-hybridized carbons (Fsp3) is 0. The molecule has 0 spiro atoms. The Bertz CT molecular complexity index is 1160. The number of anilines is 1. The average Bonchev–Trinajstić information content (AvgIpc) is 2.68. The number of hydrogen-bond donors (Lipinski definition) is 1. The van der Waals surface area contributed by atoms with Gasteiger partial charge in [-0.2, -0.15) is 0 Å². The molecule has 0 bridgehead atoms. The Labute approximate surface area is 165 Å². The van der Waals surface area contributed by atoms with Crippen molar-refractivity contribution in [2.75, 3.05) is 5.32 Å². The van der Waals surface area contributed by atoms with E-state index in [1.165, 1.54) is 24.3 Å². The first-order valence-corrected chi connectivity index (χ1v) is 9.80. The van der Waals surface area contributed by atoms with Gasteiger partial charge in [0.1, 0.15) is 0 Å². The summed E-state index contributed by atoms with van der Waals surface area (Å²) < 4.78 is 26.0. The summed E-state index contributed by atoms with van der Waals surface area (Å²) in [5.74, 6) is -0.622. The maximum absolute atomic E-state index is 13.0. The summed E-state index contributed by atoms with van der Waals surface area (Å²) in [5, 5.41) is 13.8. The van der Waals surface area contributed by atoms with Crippen molar-refractivity contribution in [2.24, 2.45) is 0 Å². The first kappa shape index (κ1) is 19.5. The Hall–Kier alpha value is -3.23. The van der Waals surface area contributed by atoms with Gasteiger partial charge >= 0.3 is 0 Å². The maximum Gasteiger partial charge on any atom is 0.269 e. The summed E-state index contributed by atoms with van der Waals surface area (Å²) in [6, 6.07) is 16.7. The zero-order valence-electron chi connectivity index (χ0n) is 14.2. The molecular weight excluding hydrogens is 404 g/mol. The van der Waals surface area contributed by atoms with Crippen LogP contribution in [-0.4, -0.2) is 19.2 Å². The molecule has 0 heterocycles. The molecule has 3 rings (SSSR count). The standard InChI is InChI=1S/C19H13ClN2O5S/c20-13-4-3-5-14(12-13)21-19(23)17-6-1-2-7-18(17)28(26,27)16-10-8-15(9-11-16)22(24)25/h1-12H,(H,21,23). The van der Waals surface area contributed by atoms with E-state index in [0.29, 0.717) is 10.7 Å². The summed E-state index contributed by atoms with van der Waals surface area (Å²) in [4.78, 5) is 22.4. The van der Waals surface area contributed by atoms with E-state index in [1.54, 1.807) is 24.3 Å². The number of rotatable bonds is 5. The maximum atomic E-state index is 13.0. The van der Waals surface area contributed by atoms with E-state index in [2.05, 4.69) is 5.32 Å². The van der Waals surface area contributed by atoms with Crippen molar-refractivity contribution in [2.45, 2.75) is 9.79 Å². The van der Waals surface area contributed by atoms with Crippen LogP contribution in [0.5, 0.6) is 0 Å². The second-order valence-electron chi connectivity index (χ2n) is 5.72. The molecule has 1 amide bonds. The SMILES string of the molecule is O=C(Nc1cccc(Cl)c1)c1ccccc1S(=O)(=O)c1ccc([N+](=O)[O-])cc1. The third-order valence-electron chi connectivity index (χ3n) is 3.86. The highest BCUT2D eigenvalue weighted by molar-refractivity contribution is 7.91. The summed E-state index contributed by atoms with van der Waals surface area (Å²) in [6.07, 6.45) is 0. The van der Waals surface area contributed by atoms with Crippen LogP contribution in [0.4, 0.5) is 11.4 Å². The fourth-order valence-corrected chi connectivity index (χ4v) is 4.17. The molecule has 0 atom stereocenters. The van der Waals surface area contributed by atoms with Crippen molar-refractivity contribution in [3.63, 3.8) is 0 Å². The van der Waals surface area contributed by atoms with Crippen molar-refractivity contribution in [1.29, 1.82) is 0 Å². The number of amides is 1. The summed E-state index contributed by atoms with van der Waals surface area (Å²) in [7, 11) is -4.07. The summed E-state index contributed by atoms with van der Waals surface area (Å²) >= 11 is 5.90. The van der Waals surface area contributed by atoms with Gasteiger partial charge in [-0.1, -0.05) is 29.8 Å². The smallest absolute Gasteiger partial charge is 0.269 e. The predicted molar refractivity (Wildman–Crippen MR) is 104 cm³/mol. The van der Waals surface area contributed by atoms with Crippen molar-refractivity contribution in [1.82, 2.24) is 0 Å². The van der Waals surface area contributed by atoms with Crippen LogP contribution in [0.15, 0.2) is 82.6 Å². The van der Waals surface area contributed by atoms with Gasteiger partial charge in [0.25, 0.3) is 11.6 Å². The van der Waals surface area contributed by atoms with Crippen molar-refractivity contribution < 1.29 is 18.1 Å². The number of non-ortho nitro benzene ring substituents is 1. The number of hydrogen-bond acceptors (Lipinski definition) is 5. The molecule has 0 saturated heterocycles. The van der Waals surface area contributed by atoms with Gasteiger partial charge in [-0.05, 0) is 42.5 Å². The minimum absolute atomic E-state index is 0.0548. The molecule has 0 unspecified atom stereocenters. The number of nitrogens with one attached hydrogen (secondary N) is 1. The monoisotopic (exact) mass is 416 g/mol. The van der Waals surface area contributed by atoms with Crippen molar-refractivity contribution in [3.05, 3.63) is 93.5 Å². The Kier molecular flexibility index (Phi) is 5.43. The summed E-state index contributed by atoms with van der Waals surface area (Å²) in [6.45, 7) is 0.